The Bertz CT molecular complexity index is 561. The van der Waals surface area contributed by atoms with Crippen LogP contribution in [0.5, 0.6) is 0 Å². The van der Waals surface area contributed by atoms with Crippen molar-refractivity contribution in [3.8, 4) is 0 Å². The number of hydrogen-bond donors (Lipinski definition) is 1. The largest absolute Gasteiger partial charge is 0.307 e. The van der Waals surface area contributed by atoms with E-state index in [2.05, 4.69) is 5.32 Å². The highest BCUT2D eigenvalue weighted by atomic mass is 19.2. The standard InChI is InChI=1S/C15H13F4N/c1-2-20-15(9-3-5-11(16)13(18)7-9)10-4-6-12(17)14(19)8-10/h3-8,15,20H,2H2,1H3. The molecule has 0 aromatic heterocycles. The second kappa shape index (κ2) is 6.05. The van der Waals surface area contributed by atoms with E-state index in [1.165, 1.54) is 12.1 Å². The van der Waals surface area contributed by atoms with E-state index >= 15 is 0 Å². The van der Waals surface area contributed by atoms with Crippen LogP contribution < -0.4 is 5.32 Å². The molecule has 0 unspecified atom stereocenters. The van der Waals surface area contributed by atoms with Gasteiger partial charge in [0.25, 0.3) is 0 Å². The zero-order valence-corrected chi connectivity index (χ0v) is 10.8. The van der Waals surface area contributed by atoms with Crippen molar-refractivity contribution in [2.45, 2.75) is 13.0 Å². The molecular weight excluding hydrogens is 270 g/mol. The molecule has 20 heavy (non-hydrogen) atoms. The lowest BCUT2D eigenvalue weighted by Gasteiger charge is -2.19. The van der Waals surface area contributed by atoms with Gasteiger partial charge in [0.05, 0.1) is 6.04 Å². The molecule has 0 fully saturated rings. The van der Waals surface area contributed by atoms with Crippen molar-refractivity contribution in [1.29, 1.82) is 0 Å². The summed E-state index contributed by atoms with van der Waals surface area (Å²) in [4.78, 5) is 0. The molecule has 0 amide bonds. The van der Waals surface area contributed by atoms with Crippen LogP contribution in [0.25, 0.3) is 0 Å². The van der Waals surface area contributed by atoms with Crippen molar-refractivity contribution >= 4 is 0 Å². The first kappa shape index (κ1) is 14.5. The topological polar surface area (TPSA) is 12.0 Å². The van der Waals surface area contributed by atoms with Crippen LogP contribution in [0.1, 0.15) is 24.1 Å². The zero-order chi connectivity index (χ0) is 14.7. The lowest BCUT2D eigenvalue weighted by Crippen LogP contribution is -2.22. The van der Waals surface area contributed by atoms with Crippen molar-refractivity contribution in [1.82, 2.24) is 5.32 Å². The lowest BCUT2D eigenvalue weighted by atomic mass is 9.98. The molecule has 0 saturated carbocycles. The molecule has 0 bridgehead atoms. The molecular formula is C15H13F4N. The summed E-state index contributed by atoms with van der Waals surface area (Å²) < 4.78 is 52.5. The predicted molar refractivity (Wildman–Crippen MR) is 68.2 cm³/mol. The summed E-state index contributed by atoms with van der Waals surface area (Å²) >= 11 is 0. The van der Waals surface area contributed by atoms with E-state index < -0.39 is 29.3 Å². The van der Waals surface area contributed by atoms with Gasteiger partial charge in [-0.05, 0) is 41.9 Å². The average molecular weight is 283 g/mol. The number of benzene rings is 2. The minimum absolute atomic E-state index is 0.441. The van der Waals surface area contributed by atoms with Crippen molar-refractivity contribution < 1.29 is 17.6 Å². The van der Waals surface area contributed by atoms with Gasteiger partial charge >= 0.3 is 0 Å². The molecule has 0 heterocycles. The predicted octanol–water partition coefficient (Wildman–Crippen LogP) is 3.94. The quantitative estimate of drug-likeness (QED) is 0.838. The van der Waals surface area contributed by atoms with Crippen LogP contribution >= 0.6 is 0 Å². The second-order valence-electron chi connectivity index (χ2n) is 4.34. The summed E-state index contributed by atoms with van der Waals surface area (Å²) in [6, 6.07) is 6.39. The van der Waals surface area contributed by atoms with Gasteiger partial charge in [0.2, 0.25) is 0 Å². The van der Waals surface area contributed by atoms with E-state index in [4.69, 9.17) is 0 Å². The Balaban J connectivity index is 2.44. The molecule has 0 radical (unpaired) electrons. The fourth-order valence-corrected chi connectivity index (χ4v) is 2.02. The highest BCUT2D eigenvalue weighted by molar-refractivity contribution is 5.33. The van der Waals surface area contributed by atoms with Crippen molar-refractivity contribution in [3.05, 3.63) is 70.8 Å². The molecule has 106 valence electrons. The Morgan fingerprint density at radius 1 is 0.800 bits per heavy atom. The van der Waals surface area contributed by atoms with E-state index in [1.54, 1.807) is 0 Å². The summed E-state index contributed by atoms with van der Waals surface area (Å²) in [5, 5.41) is 3.03. The van der Waals surface area contributed by atoms with Gasteiger partial charge in [-0.1, -0.05) is 19.1 Å². The SMILES string of the molecule is CCNC(c1ccc(F)c(F)c1)c1ccc(F)c(F)c1. The molecule has 0 spiro atoms. The molecule has 2 aromatic carbocycles. The third-order valence-electron chi connectivity index (χ3n) is 2.96. The second-order valence-corrected chi connectivity index (χ2v) is 4.34. The highest BCUT2D eigenvalue weighted by Gasteiger charge is 2.16. The van der Waals surface area contributed by atoms with Crippen LogP contribution in [0, 0.1) is 23.3 Å². The molecule has 2 aromatic rings. The molecule has 5 heteroatoms. The molecule has 0 aliphatic carbocycles. The third-order valence-corrected chi connectivity index (χ3v) is 2.96. The molecule has 0 aliphatic rings. The first-order valence-corrected chi connectivity index (χ1v) is 6.16. The van der Waals surface area contributed by atoms with Crippen LogP contribution in [0.4, 0.5) is 17.6 Å². The Morgan fingerprint density at radius 3 is 1.60 bits per heavy atom. The van der Waals surface area contributed by atoms with E-state index in [1.807, 2.05) is 6.92 Å². The lowest BCUT2D eigenvalue weighted by molar-refractivity contribution is 0.499. The zero-order valence-electron chi connectivity index (χ0n) is 10.8. The van der Waals surface area contributed by atoms with Gasteiger partial charge in [-0.2, -0.15) is 0 Å². The van der Waals surface area contributed by atoms with Gasteiger partial charge in [0.15, 0.2) is 23.3 Å². The molecule has 0 atom stereocenters. The summed E-state index contributed by atoms with van der Waals surface area (Å²) in [7, 11) is 0. The summed E-state index contributed by atoms with van der Waals surface area (Å²) in [5.74, 6) is -3.86. The number of hydrogen-bond acceptors (Lipinski definition) is 1. The van der Waals surface area contributed by atoms with E-state index in [0.29, 0.717) is 17.7 Å². The Morgan fingerprint density at radius 2 is 1.25 bits per heavy atom. The summed E-state index contributed by atoms with van der Waals surface area (Å²) in [6.45, 7) is 2.36. The maximum Gasteiger partial charge on any atom is 0.159 e. The van der Waals surface area contributed by atoms with Gasteiger partial charge in [0, 0.05) is 0 Å². The number of nitrogens with one attached hydrogen (secondary N) is 1. The van der Waals surface area contributed by atoms with Crippen LogP contribution in [0.3, 0.4) is 0 Å². The maximum atomic E-state index is 13.3. The van der Waals surface area contributed by atoms with Crippen molar-refractivity contribution in [2.75, 3.05) is 6.54 Å². The molecule has 1 nitrogen and oxygen atoms in total. The third kappa shape index (κ3) is 2.99. The van der Waals surface area contributed by atoms with Crippen LogP contribution in [-0.2, 0) is 0 Å². The fraction of sp³-hybridized carbons (Fsp3) is 0.200. The van der Waals surface area contributed by atoms with Gasteiger partial charge in [-0.25, -0.2) is 17.6 Å². The van der Waals surface area contributed by atoms with Gasteiger partial charge < -0.3 is 5.32 Å². The van der Waals surface area contributed by atoms with E-state index in [0.717, 1.165) is 24.3 Å². The van der Waals surface area contributed by atoms with Crippen molar-refractivity contribution in [2.24, 2.45) is 0 Å². The summed E-state index contributed by atoms with van der Waals surface area (Å²) in [5.41, 5.74) is 0.883. The van der Waals surface area contributed by atoms with Gasteiger partial charge in [-0.15, -0.1) is 0 Å². The molecule has 2 rings (SSSR count). The Labute approximate surface area is 114 Å². The maximum absolute atomic E-state index is 13.3. The van der Waals surface area contributed by atoms with Crippen LogP contribution in [0.2, 0.25) is 0 Å². The van der Waals surface area contributed by atoms with Crippen molar-refractivity contribution in [3.63, 3.8) is 0 Å². The van der Waals surface area contributed by atoms with Crippen LogP contribution in [-0.4, -0.2) is 6.54 Å². The van der Waals surface area contributed by atoms with Crippen LogP contribution in [0.15, 0.2) is 36.4 Å². The first-order chi connectivity index (χ1) is 9.52. The highest BCUT2D eigenvalue weighted by Crippen LogP contribution is 2.25. The molecule has 0 saturated heterocycles. The normalized spacial score (nSPS) is 11.1. The molecule has 0 aliphatic heterocycles. The number of rotatable bonds is 4. The monoisotopic (exact) mass is 283 g/mol. The van der Waals surface area contributed by atoms with Gasteiger partial charge in [-0.3, -0.25) is 0 Å². The minimum atomic E-state index is -0.979. The fourth-order valence-electron chi connectivity index (χ4n) is 2.02. The first-order valence-electron chi connectivity index (χ1n) is 6.16. The minimum Gasteiger partial charge on any atom is -0.307 e. The number of halogens is 4. The summed E-state index contributed by atoms with van der Waals surface area (Å²) in [6.07, 6.45) is 0. The van der Waals surface area contributed by atoms with E-state index in [9.17, 15) is 17.6 Å². The smallest absolute Gasteiger partial charge is 0.159 e. The Kier molecular flexibility index (Phi) is 4.39. The average Bonchev–Trinajstić information content (AvgIpc) is 2.43. The van der Waals surface area contributed by atoms with Gasteiger partial charge in [0.1, 0.15) is 0 Å². The van der Waals surface area contributed by atoms with E-state index in [-0.39, 0.29) is 0 Å². The Hall–Kier alpha value is -1.88. The molecule has 1 N–H and O–H groups in total.